The van der Waals surface area contributed by atoms with Gasteiger partial charge in [0.25, 0.3) is 5.91 Å². The van der Waals surface area contributed by atoms with Gasteiger partial charge in [-0.05, 0) is 44.8 Å². The van der Waals surface area contributed by atoms with E-state index in [1.54, 1.807) is 36.7 Å². The van der Waals surface area contributed by atoms with Gasteiger partial charge in [-0.25, -0.2) is 0 Å². The maximum Gasteiger partial charge on any atom is 0.262 e. The number of phenols is 1. The summed E-state index contributed by atoms with van der Waals surface area (Å²) >= 11 is 1.49. The molecular formula is C22H27N3O3S. The fourth-order valence-corrected chi connectivity index (χ4v) is 4.32. The lowest BCUT2D eigenvalue weighted by atomic mass is 10.0. The lowest BCUT2D eigenvalue weighted by Crippen LogP contribution is -2.27. The monoisotopic (exact) mass is 413 g/mol. The number of amides is 1. The number of likely N-dealkylation sites (N-methyl/N-ethyl adjacent to an activating group) is 1. The number of phenolic OH excluding ortho intramolecular Hbond substituents is 1. The van der Waals surface area contributed by atoms with Crippen molar-refractivity contribution in [1.82, 2.24) is 15.2 Å². The maximum atomic E-state index is 13.0. The third-order valence-electron chi connectivity index (χ3n) is 4.22. The highest BCUT2D eigenvalue weighted by molar-refractivity contribution is 8.04. The molecule has 1 saturated heterocycles. The number of carbonyl (C=O) groups excluding carboxylic acids is 1. The molecule has 0 aliphatic carbocycles. The van der Waals surface area contributed by atoms with E-state index in [-0.39, 0.29) is 17.0 Å². The van der Waals surface area contributed by atoms with Crippen LogP contribution in [0.5, 0.6) is 11.5 Å². The van der Waals surface area contributed by atoms with Crippen LogP contribution in [0.3, 0.4) is 0 Å². The van der Waals surface area contributed by atoms with E-state index in [9.17, 15) is 9.90 Å². The van der Waals surface area contributed by atoms with Gasteiger partial charge in [0.2, 0.25) is 0 Å². The second kappa shape index (κ2) is 10.7. The third kappa shape index (κ3) is 4.99. The van der Waals surface area contributed by atoms with Crippen LogP contribution in [0.4, 0.5) is 0 Å². The van der Waals surface area contributed by atoms with Gasteiger partial charge in [-0.1, -0.05) is 36.5 Å². The van der Waals surface area contributed by atoms with E-state index < -0.39 is 0 Å². The number of rotatable bonds is 5. The average molecular weight is 414 g/mol. The summed E-state index contributed by atoms with van der Waals surface area (Å²) in [6, 6.07) is 8.86. The first-order valence-corrected chi connectivity index (χ1v) is 10.1. The number of benzene rings is 1. The van der Waals surface area contributed by atoms with Gasteiger partial charge in [0.1, 0.15) is 5.37 Å². The Balaban J connectivity index is 0.000000941. The van der Waals surface area contributed by atoms with E-state index in [0.29, 0.717) is 17.2 Å². The zero-order valence-corrected chi connectivity index (χ0v) is 18.0. The third-order valence-corrected chi connectivity index (χ3v) is 5.60. The maximum absolute atomic E-state index is 13.0. The fraction of sp³-hybridized carbons (Fsp3) is 0.273. The van der Waals surface area contributed by atoms with Crippen LogP contribution in [0.25, 0.3) is 5.57 Å². The summed E-state index contributed by atoms with van der Waals surface area (Å²) in [5.41, 5.74) is 2.48. The molecule has 1 aliphatic rings. The quantitative estimate of drug-likeness (QED) is 0.726. The number of pyridine rings is 1. The Morgan fingerprint density at radius 2 is 2.14 bits per heavy atom. The molecule has 1 aromatic heterocycles. The number of carbonyl (C=O) groups is 1. The summed E-state index contributed by atoms with van der Waals surface area (Å²) in [6.45, 7) is 6.44. The number of nitrogens with zero attached hydrogens (tertiary/aromatic N) is 2. The fourth-order valence-electron chi connectivity index (χ4n) is 2.91. The number of nitrogens with one attached hydrogen (secondary N) is 1. The van der Waals surface area contributed by atoms with Gasteiger partial charge in [-0.3, -0.25) is 9.78 Å². The molecule has 0 spiro atoms. The molecule has 2 heterocycles. The van der Waals surface area contributed by atoms with E-state index >= 15 is 0 Å². The molecule has 0 radical (unpaired) electrons. The van der Waals surface area contributed by atoms with Crippen LogP contribution in [-0.4, -0.2) is 48.6 Å². The van der Waals surface area contributed by atoms with E-state index in [1.807, 2.05) is 38.1 Å². The largest absolute Gasteiger partial charge is 0.504 e. The number of thioether (sulfide) groups is 1. The number of hydrogen-bond acceptors (Lipinski definition) is 6. The van der Waals surface area contributed by atoms with Crippen LogP contribution < -0.4 is 10.1 Å². The standard InChI is InChI=1S/C20H20N2O3S.C2H7N/c1-4-15(13-8-9-16(23)17(11-13)25-3)18-19(24)22(5-2)20(26-18)14-7-6-10-21-12-14;1-3-2/h4,6-12,20,23H,1,5H2,2-3H3;3H,1-2H3. The Hall–Kier alpha value is -2.77. The summed E-state index contributed by atoms with van der Waals surface area (Å²) in [7, 11) is 5.24. The molecule has 1 aromatic carbocycles. The Morgan fingerprint density at radius 1 is 1.41 bits per heavy atom. The minimum Gasteiger partial charge on any atom is -0.504 e. The van der Waals surface area contributed by atoms with Crippen LogP contribution in [0.1, 0.15) is 23.4 Å². The number of methoxy groups -OCH3 is 1. The Kier molecular flexibility index (Phi) is 8.30. The molecule has 2 N–H and O–H groups in total. The van der Waals surface area contributed by atoms with Crippen molar-refractivity contribution in [2.45, 2.75) is 12.3 Å². The van der Waals surface area contributed by atoms with Crippen LogP contribution in [-0.2, 0) is 4.79 Å². The smallest absolute Gasteiger partial charge is 0.262 e. The topological polar surface area (TPSA) is 74.7 Å². The van der Waals surface area contributed by atoms with Crippen molar-refractivity contribution in [2.75, 3.05) is 27.7 Å². The number of hydrogen-bond donors (Lipinski definition) is 2. The second-order valence-electron chi connectivity index (χ2n) is 6.18. The molecule has 154 valence electrons. The molecule has 1 amide bonds. The van der Waals surface area contributed by atoms with Gasteiger partial charge in [0, 0.05) is 30.1 Å². The highest BCUT2D eigenvalue weighted by Gasteiger charge is 2.37. The van der Waals surface area contributed by atoms with Gasteiger partial charge in [0.15, 0.2) is 11.5 Å². The summed E-state index contributed by atoms with van der Waals surface area (Å²) in [5, 5.41) is 12.5. The molecule has 7 heteroatoms. The molecule has 1 atom stereocenters. The zero-order chi connectivity index (χ0) is 21.4. The van der Waals surface area contributed by atoms with E-state index in [0.717, 1.165) is 16.7 Å². The lowest BCUT2D eigenvalue weighted by molar-refractivity contribution is -0.126. The molecule has 0 saturated carbocycles. The van der Waals surface area contributed by atoms with Crippen molar-refractivity contribution in [1.29, 1.82) is 0 Å². The predicted molar refractivity (Wildman–Crippen MR) is 119 cm³/mol. The van der Waals surface area contributed by atoms with E-state index in [1.165, 1.54) is 18.9 Å². The number of aromatic hydroxyl groups is 1. The molecule has 1 unspecified atom stereocenters. The van der Waals surface area contributed by atoms with Crippen molar-refractivity contribution in [3.63, 3.8) is 0 Å². The normalized spacial score (nSPS) is 17.4. The van der Waals surface area contributed by atoms with Crippen molar-refractivity contribution in [2.24, 2.45) is 0 Å². The molecule has 0 bridgehead atoms. The van der Waals surface area contributed by atoms with Gasteiger partial charge >= 0.3 is 0 Å². The van der Waals surface area contributed by atoms with Crippen molar-refractivity contribution < 1.29 is 14.6 Å². The number of allylic oxidation sites excluding steroid dienone is 2. The SMILES string of the molecule is C=CC(=C1SC(c2cccnc2)N(CC)C1=O)c1ccc(O)c(OC)c1.CNC. The first-order valence-electron chi connectivity index (χ1n) is 9.22. The molecular weight excluding hydrogens is 386 g/mol. The van der Waals surface area contributed by atoms with Crippen molar-refractivity contribution in [3.8, 4) is 11.5 Å². The van der Waals surface area contributed by atoms with Crippen LogP contribution in [0.15, 0.2) is 60.3 Å². The van der Waals surface area contributed by atoms with E-state index in [4.69, 9.17) is 4.74 Å². The summed E-state index contributed by atoms with van der Waals surface area (Å²) in [4.78, 5) is 19.6. The first-order chi connectivity index (χ1) is 14.0. The molecule has 6 nitrogen and oxygen atoms in total. The first kappa shape index (κ1) is 22.5. The van der Waals surface area contributed by atoms with Gasteiger partial charge in [0.05, 0.1) is 12.0 Å². The molecule has 1 aliphatic heterocycles. The van der Waals surface area contributed by atoms with Crippen LogP contribution in [0, 0.1) is 0 Å². The Morgan fingerprint density at radius 3 is 2.69 bits per heavy atom. The van der Waals surface area contributed by atoms with Crippen molar-refractivity contribution in [3.05, 3.63) is 71.4 Å². The van der Waals surface area contributed by atoms with Crippen LogP contribution in [0.2, 0.25) is 0 Å². The summed E-state index contributed by atoms with van der Waals surface area (Å²) < 4.78 is 5.19. The molecule has 29 heavy (non-hydrogen) atoms. The van der Waals surface area contributed by atoms with Gasteiger partial charge in [-0.15, -0.1) is 0 Å². The minimum atomic E-state index is -0.120. The minimum absolute atomic E-state index is 0.0340. The van der Waals surface area contributed by atoms with E-state index in [2.05, 4.69) is 16.9 Å². The zero-order valence-electron chi connectivity index (χ0n) is 17.2. The molecule has 3 rings (SSSR count). The highest BCUT2D eigenvalue weighted by Crippen LogP contribution is 2.48. The number of ether oxygens (including phenoxy) is 1. The summed E-state index contributed by atoms with van der Waals surface area (Å²) in [5.74, 6) is 0.376. The lowest BCUT2D eigenvalue weighted by Gasteiger charge is -2.21. The Bertz CT molecular complexity index is 884. The predicted octanol–water partition coefficient (Wildman–Crippen LogP) is 3.82. The molecule has 2 aromatic rings. The highest BCUT2D eigenvalue weighted by atomic mass is 32.2. The second-order valence-corrected chi connectivity index (χ2v) is 7.27. The van der Waals surface area contributed by atoms with Gasteiger partial charge in [-0.2, -0.15) is 0 Å². The van der Waals surface area contributed by atoms with Gasteiger partial charge < -0.3 is 20.1 Å². The number of aromatic nitrogens is 1. The summed E-state index contributed by atoms with van der Waals surface area (Å²) in [6.07, 6.45) is 5.18. The average Bonchev–Trinajstić information content (AvgIpc) is 3.07. The Labute approximate surface area is 176 Å². The van der Waals surface area contributed by atoms with Crippen LogP contribution >= 0.6 is 11.8 Å². The molecule has 1 fully saturated rings. The van der Waals surface area contributed by atoms with Crippen molar-refractivity contribution >= 4 is 23.2 Å².